The van der Waals surface area contributed by atoms with Gasteiger partial charge in [-0.3, -0.25) is 4.79 Å². The van der Waals surface area contributed by atoms with E-state index in [1.807, 2.05) is 32.9 Å². The summed E-state index contributed by atoms with van der Waals surface area (Å²) in [7, 11) is 0. The summed E-state index contributed by atoms with van der Waals surface area (Å²) < 4.78 is 11.3. The van der Waals surface area contributed by atoms with Crippen LogP contribution in [0.2, 0.25) is 10.0 Å². The molecule has 0 aliphatic carbocycles. The molecule has 0 spiro atoms. The molecule has 0 radical (unpaired) electrons. The summed E-state index contributed by atoms with van der Waals surface area (Å²) in [6.45, 7) is 6.31. The molecule has 0 aliphatic heterocycles. The van der Waals surface area contributed by atoms with Gasteiger partial charge in [0.2, 0.25) is 0 Å². The maximum atomic E-state index is 12.1. The number of carbonyl (C=O) groups excluding carboxylic acids is 1. The van der Waals surface area contributed by atoms with Crippen LogP contribution in [0.5, 0.6) is 11.5 Å². The van der Waals surface area contributed by atoms with Gasteiger partial charge < -0.3 is 9.47 Å². The highest BCUT2D eigenvalue weighted by Gasteiger charge is 2.10. The summed E-state index contributed by atoms with van der Waals surface area (Å²) in [5.41, 5.74) is 3.49. The van der Waals surface area contributed by atoms with Gasteiger partial charge >= 0.3 is 0 Å². The molecule has 0 heterocycles. The molecule has 0 saturated carbocycles. The molecule has 2 rings (SSSR count). The number of carbonyl (C=O) groups is 1. The number of nitrogens with zero attached hydrogens (tertiary/aromatic N) is 1. The van der Waals surface area contributed by atoms with Crippen LogP contribution < -0.4 is 14.9 Å². The SMILES string of the molecule is CCOc1cc(/C=N/NC(=O)c2ccc(Cl)cc2Cl)ccc1OC(C)C. The lowest BCUT2D eigenvalue weighted by Crippen LogP contribution is -2.18. The minimum atomic E-state index is -0.423. The Morgan fingerprint density at radius 3 is 2.62 bits per heavy atom. The molecule has 2 aromatic carbocycles. The van der Waals surface area contributed by atoms with E-state index < -0.39 is 5.91 Å². The molecular weight excluding hydrogens is 375 g/mol. The van der Waals surface area contributed by atoms with E-state index in [0.29, 0.717) is 28.7 Å². The minimum Gasteiger partial charge on any atom is -0.490 e. The first-order valence-electron chi connectivity index (χ1n) is 8.12. The van der Waals surface area contributed by atoms with Crippen molar-refractivity contribution in [1.82, 2.24) is 5.43 Å². The van der Waals surface area contributed by atoms with Crippen molar-refractivity contribution < 1.29 is 14.3 Å². The monoisotopic (exact) mass is 394 g/mol. The number of ether oxygens (including phenoxy) is 2. The molecule has 0 atom stereocenters. The first-order valence-corrected chi connectivity index (χ1v) is 8.88. The molecule has 0 saturated heterocycles. The Morgan fingerprint density at radius 2 is 1.96 bits per heavy atom. The molecule has 1 N–H and O–H groups in total. The Balaban J connectivity index is 2.09. The highest BCUT2D eigenvalue weighted by Crippen LogP contribution is 2.29. The molecule has 0 bridgehead atoms. The fourth-order valence-electron chi connectivity index (χ4n) is 2.12. The number of benzene rings is 2. The number of amides is 1. The highest BCUT2D eigenvalue weighted by atomic mass is 35.5. The molecule has 7 heteroatoms. The van der Waals surface area contributed by atoms with Crippen LogP contribution in [0, 0.1) is 0 Å². The minimum absolute atomic E-state index is 0.0390. The van der Waals surface area contributed by atoms with E-state index >= 15 is 0 Å². The Bertz CT molecular complexity index is 807. The highest BCUT2D eigenvalue weighted by molar-refractivity contribution is 6.36. The Hall–Kier alpha value is -2.24. The zero-order valence-electron chi connectivity index (χ0n) is 14.8. The normalized spacial score (nSPS) is 11.0. The second-order valence-electron chi connectivity index (χ2n) is 5.63. The molecule has 0 aliphatic rings. The van der Waals surface area contributed by atoms with Crippen LogP contribution in [-0.4, -0.2) is 24.8 Å². The van der Waals surface area contributed by atoms with Gasteiger partial charge in [0, 0.05) is 5.02 Å². The molecular formula is C19H20Cl2N2O3. The standard InChI is InChI=1S/C19H20Cl2N2O3/c1-4-25-18-9-13(5-8-17(18)26-12(2)3)11-22-23-19(24)15-7-6-14(20)10-16(15)21/h5-12H,4H2,1-3H3,(H,23,24)/b22-11+. The zero-order valence-corrected chi connectivity index (χ0v) is 16.3. The van der Waals surface area contributed by atoms with Gasteiger partial charge in [-0.2, -0.15) is 5.10 Å². The van der Waals surface area contributed by atoms with Crippen LogP contribution in [0.15, 0.2) is 41.5 Å². The van der Waals surface area contributed by atoms with Gasteiger partial charge in [0.1, 0.15) is 0 Å². The van der Waals surface area contributed by atoms with Crippen LogP contribution in [0.25, 0.3) is 0 Å². The average Bonchev–Trinajstić information content (AvgIpc) is 2.56. The van der Waals surface area contributed by atoms with Crippen molar-refractivity contribution in [2.45, 2.75) is 26.9 Å². The van der Waals surface area contributed by atoms with E-state index in [9.17, 15) is 4.79 Å². The van der Waals surface area contributed by atoms with Crippen LogP contribution in [0.4, 0.5) is 0 Å². The van der Waals surface area contributed by atoms with Gasteiger partial charge in [0.05, 0.1) is 29.5 Å². The lowest BCUT2D eigenvalue weighted by Gasteiger charge is -2.14. The summed E-state index contributed by atoms with van der Waals surface area (Å²) >= 11 is 11.8. The summed E-state index contributed by atoms with van der Waals surface area (Å²) in [5.74, 6) is 0.862. The molecule has 5 nitrogen and oxygen atoms in total. The molecule has 0 fully saturated rings. The Morgan fingerprint density at radius 1 is 1.19 bits per heavy atom. The van der Waals surface area contributed by atoms with Crippen LogP contribution >= 0.6 is 23.2 Å². The van der Waals surface area contributed by atoms with Crippen molar-refractivity contribution in [1.29, 1.82) is 0 Å². The number of halogens is 2. The van der Waals surface area contributed by atoms with E-state index in [2.05, 4.69) is 10.5 Å². The van der Waals surface area contributed by atoms with E-state index in [0.717, 1.165) is 5.56 Å². The van der Waals surface area contributed by atoms with E-state index in [-0.39, 0.29) is 11.1 Å². The summed E-state index contributed by atoms with van der Waals surface area (Å²) in [6, 6.07) is 10.1. The van der Waals surface area contributed by atoms with Crippen molar-refractivity contribution >= 4 is 35.3 Å². The van der Waals surface area contributed by atoms with E-state index in [1.165, 1.54) is 12.3 Å². The first-order chi connectivity index (χ1) is 12.4. The van der Waals surface area contributed by atoms with Crippen molar-refractivity contribution in [3.05, 3.63) is 57.6 Å². The summed E-state index contributed by atoms with van der Waals surface area (Å²) in [6.07, 6.45) is 1.56. The third-order valence-electron chi connectivity index (χ3n) is 3.19. The third-order valence-corrected chi connectivity index (χ3v) is 3.73. The predicted octanol–water partition coefficient (Wildman–Crippen LogP) is 4.94. The van der Waals surface area contributed by atoms with Crippen molar-refractivity contribution in [2.24, 2.45) is 5.10 Å². The van der Waals surface area contributed by atoms with E-state index in [4.69, 9.17) is 32.7 Å². The largest absolute Gasteiger partial charge is 0.490 e. The smallest absolute Gasteiger partial charge is 0.272 e. The predicted molar refractivity (Wildman–Crippen MR) is 105 cm³/mol. The fourth-order valence-corrected chi connectivity index (χ4v) is 2.62. The first kappa shape index (κ1) is 20.1. The van der Waals surface area contributed by atoms with Gasteiger partial charge in [-0.25, -0.2) is 5.43 Å². The average molecular weight is 395 g/mol. The number of nitrogens with one attached hydrogen (secondary N) is 1. The van der Waals surface area contributed by atoms with E-state index in [1.54, 1.807) is 18.2 Å². The topological polar surface area (TPSA) is 59.9 Å². The second-order valence-corrected chi connectivity index (χ2v) is 6.47. The van der Waals surface area contributed by atoms with Gasteiger partial charge in [-0.05, 0) is 62.7 Å². The van der Waals surface area contributed by atoms with Crippen LogP contribution in [0.3, 0.4) is 0 Å². The van der Waals surface area contributed by atoms with Gasteiger partial charge in [-0.1, -0.05) is 23.2 Å². The number of hydrogen-bond donors (Lipinski definition) is 1. The number of hydrazone groups is 1. The third kappa shape index (κ3) is 5.64. The maximum absolute atomic E-state index is 12.1. The second kappa shape index (κ2) is 9.46. The summed E-state index contributed by atoms with van der Waals surface area (Å²) in [5, 5.41) is 4.68. The van der Waals surface area contributed by atoms with Crippen LogP contribution in [0.1, 0.15) is 36.7 Å². The lowest BCUT2D eigenvalue weighted by atomic mass is 10.2. The Kier molecular flexibility index (Phi) is 7.30. The quantitative estimate of drug-likeness (QED) is 0.534. The van der Waals surface area contributed by atoms with Gasteiger partial charge in [0.25, 0.3) is 5.91 Å². The molecule has 0 unspecified atom stereocenters. The molecule has 0 aromatic heterocycles. The van der Waals surface area contributed by atoms with Crippen LogP contribution in [-0.2, 0) is 0 Å². The maximum Gasteiger partial charge on any atom is 0.272 e. The molecule has 138 valence electrons. The van der Waals surface area contributed by atoms with Crippen molar-refractivity contribution in [3.8, 4) is 11.5 Å². The molecule has 1 amide bonds. The molecule has 26 heavy (non-hydrogen) atoms. The zero-order chi connectivity index (χ0) is 19.1. The number of hydrogen-bond acceptors (Lipinski definition) is 4. The van der Waals surface area contributed by atoms with Gasteiger partial charge in [-0.15, -0.1) is 0 Å². The van der Waals surface area contributed by atoms with Crippen molar-refractivity contribution in [3.63, 3.8) is 0 Å². The Labute approximate surface area is 162 Å². The van der Waals surface area contributed by atoms with Crippen molar-refractivity contribution in [2.75, 3.05) is 6.61 Å². The molecule has 2 aromatic rings. The van der Waals surface area contributed by atoms with Gasteiger partial charge in [0.15, 0.2) is 11.5 Å². The number of rotatable bonds is 7. The fraction of sp³-hybridized carbons (Fsp3) is 0.263. The lowest BCUT2D eigenvalue weighted by molar-refractivity contribution is 0.0955. The summed E-state index contributed by atoms with van der Waals surface area (Å²) in [4.78, 5) is 12.1.